The standard InChI is InChI=1S/C19H26O3Si/c1-13(2)23(14(3)4,15(5)6)10-9-17(20)16-7-8-18-19(11-16)22-12-21-18/h7-8,11,13-15H,12H2,1-6H3. The Morgan fingerprint density at radius 1 is 1.00 bits per heavy atom. The average Bonchev–Trinajstić information content (AvgIpc) is 2.93. The molecule has 23 heavy (non-hydrogen) atoms. The van der Waals surface area contributed by atoms with Crippen LogP contribution in [0.25, 0.3) is 0 Å². The van der Waals surface area contributed by atoms with E-state index < -0.39 is 8.07 Å². The van der Waals surface area contributed by atoms with Crippen LogP contribution in [0, 0.1) is 11.5 Å². The van der Waals surface area contributed by atoms with Crippen molar-refractivity contribution < 1.29 is 14.3 Å². The van der Waals surface area contributed by atoms with Gasteiger partial charge >= 0.3 is 0 Å². The lowest BCUT2D eigenvalue weighted by Gasteiger charge is -2.37. The zero-order chi connectivity index (χ0) is 17.2. The molecule has 0 amide bonds. The fourth-order valence-electron chi connectivity index (χ4n) is 3.71. The summed E-state index contributed by atoms with van der Waals surface area (Å²) in [7, 11) is -1.88. The molecule has 124 valence electrons. The van der Waals surface area contributed by atoms with Gasteiger partial charge < -0.3 is 9.47 Å². The first kappa shape index (κ1) is 17.6. The largest absolute Gasteiger partial charge is 0.454 e. The molecule has 0 radical (unpaired) electrons. The van der Waals surface area contributed by atoms with E-state index in [0.717, 1.165) is 0 Å². The maximum atomic E-state index is 12.5. The van der Waals surface area contributed by atoms with Crippen LogP contribution in [0.4, 0.5) is 0 Å². The highest BCUT2D eigenvalue weighted by molar-refractivity contribution is 6.90. The molecule has 0 aromatic heterocycles. The van der Waals surface area contributed by atoms with Crippen molar-refractivity contribution in [2.24, 2.45) is 0 Å². The van der Waals surface area contributed by atoms with Gasteiger partial charge in [-0.25, -0.2) is 0 Å². The van der Waals surface area contributed by atoms with Gasteiger partial charge in [0.25, 0.3) is 0 Å². The molecule has 0 aliphatic carbocycles. The summed E-state index contributed by atoms with van der Waals surface area (Å²) < 4.78 is 10.6. The number of benzene rings is 1. The molecule has 1 aliphatic heterocycles. The monoisotopic (exact) mass is 330 g/mol. The molecule has 0 unspecified atom stereocenters. The summed E-state index contributed by atoms with van der Waals surface area (Å²) in [6.07, 6.45) is 0. The van der Waals surface area contributed by atoms with Crippen LogP contribution < -0.4 is 9.47 Å². The molecule has 1 aromatic rings. The maximum Gasteiger partial charge on any atom is 0.235 e. The van der Waals surface area contributed by atoms with Crippen molar-refractivity contribution in [3.8, 4) is 23.0 Å². The molecule has 0 saturated heterocycles. The third-order valence-electron chi connectivity index (χ3n) is 4.89. The number of ether oxygens (including phenoxy) is 2. The first-order chi connectivity index (χ1) is 10.8. The predicted molar refractivity (Wildman–Crippen MR) is 95.7 cm³/mol. The topological polar surface area (TPSA) is 35.5 Å². The van der Waals surface area contributed by atoms with Crippen LogP contribution in [0.5, 0.6) is 11.5 Å². The number of hydrogen-bond donors (Lipinski definition) is 0. The molecule has 2 rings (SSSR count). The van der Waals surface area contributed by atoms with Crippen LogP contribution in [0.2, 0.25) is 16.6 Å². The summed E-state index contributed by atoms with van der Waals surface area (Å²) in [5, 5.41) is 0. The van der Waals surface area contributed by atoms with E-state index in [2.05, 4.69) is 53.0 Å². The highest BCUT2D eigenvalue weighted by atomic mass is 28.3. The number of ketones is 1. The number of rotatable bonds is 4. The smallest absolute Gasteiger partial charge is 0.235 e. The average molecular weight is 331 g/mol. The Morgan fingerprint density at radius 2 is 1.57 bits per heavy atom. The minimum Gasteiger partial charge on any atom is -0.454 e. The van der Waals surface area contributed by atoms with Crippen LogP contribution in [0.3, 0.4) is 0 Å². The van der Waals surface area contributed by atoms with Gasteiger partial charge in [-0.3, -0.25) is 4.79 Å². The van der Waals surface area contributed by atoms with Gasteiger partial charge in [-0.15, -0.1) is 5.54 Å². The van der Waals surface area contributed by atoms with Crippen LogP contribution in [0.15, 0.2) is 18.2 Å². The van der Waals surface area contributed by atoms with Gasteiger partial charge in [0.2, 0.25) is 12.6 Å². The van der Waals surface area contributed by atoms with Crippen LogP contribution in [0.1, 0.15) is 51.9 Å². The lowest BCUT2D eigenvalue weighted by atomic mass is 10.1. The number of hydrogen-bond acceptors (Lipinski definition) is 3. The Balaban J connectivity index is 2.33. The molecule has 1 aliphatic rings. The van der Waals surface area contributed by atoms with Crippen LogP contribution in [-0.4, -0.2) is 20.7 Å². The molecule has 4 heteroatoms. The van der Waals surface area contributed by atoms with Gasteiger partial charge in [0.05, 0.1) is 0 Å². The summed E-state index contributed by atoms with van der Waals surface area (Å²) in [4.78, 5) is 12.5. The Morgan fingerprint density at radius 3 is 2.13 bits per heavy atom. The fourth-order valence-corrected chi connectivity index (χ4v) is 8.90. The molecule has 0 saturated carbocycles. The third kappa shape index (κ3) is 3.30. The maximum absolute atomic E-state index is 12.5. The number of Topliss-reactive ketones (excluding diaryl/α,β-unsaturated/α-hetero) is 1. The van der Waals surface area contributed by atoms with Crippen molar-refractivity contribution >= 4 is 13.9 Å². The van der Waals surface area contributed by atoms with E-state index in [1.807, 2.05) is 0 Å². The highest BCUT2D eigenvalue weighted by Crippen LogP contribution is 2.40. The molecule has 0 bridgehead atoms. The number of carbonyl (C=O) groups is 1. The van der Waals surface area contributed by atoms with Gasteiger partial charge in [0.1, 0.15) is 8.07 Å². The van der Waals surface area contributed by atoms with E-state index >= 15 is 0 Å². The van der Waals surface area contributed by atoms with Crippen molar-refractivity contribution in [3.05, 3.63) is 23.8 Å². The Labute approximate surface area is 140 Å². The van der Waals surface area contributed by atoms with Crippen molar-refractivity contribution in [3.63, 3.8) is 0 Å². The SMILES string of the molecule is CC(C)[Si](C#CC(=O)c1ccc2c(c1)OCO2)(C(C)C)C(C)C. The third-order valence-corrected chi connectivity index (χ3v) is 11.2. The lowest BCUT2D eigenvalue weighted by Crippen LogP contribution is -2.43. The second-order valence-electron chi connectivity index (χ2n) is 7.04. The fraction of sp³-hybridized carbons (Fsp3) is 0.526. The molecule has 1 heterocycles. The van der Waals surface area contributed by atoms with E-state index in [1.54, 1.807) is 18.2 Å². The van der Waals surface area contributed by atoms with Crippen LogP contribution >= 0.6 is 0 Å². The summed E-state index contributed by atoms with van der Waals surface area (Å²) in [6, 6.07) is 5.26. The van der Waals surface area contributed by atoms with Gasteiger partial charge in [0, 0.05) is 5.56 Å². The Hall–Kier alpha value is -1.73. The van der Waals surface area contributed by atoms with Gasteiger partial charge in [-0.05, 0) is 40.7 Å². The van der Waals surface area contributed by atoms with E-state index in [1.165, 1.54) is 0 Å². The molecule has 0 N–H and O–H groups in total. The van der Waals surface area contributed by atoms with Gasteiger partial charge in [-0.2, -0.15) is 0 Å². The van der Waals surface area contributed by atoms with Crippen molar-refractivity contribution in [2.75, 3.05) is 6.79 Å². The zero-order valence-electron chi connectivity index (χ0n) is 14.9. The summed E-state index contributed by atoms with van der Waals surface area (Å²) in [5.74, 6) is 4.12. The molecular formula is C19H26O3Si. The van der Waals surface area contributed by atoms with Gasteiger partial charge in [0.15, 0.2) is 11.5 Å². The second-order valence-corrected chi connectivity index (χ2v) is 12.6. The van der Waals surface area contributed by atoms with E-state index in [9.17, 15) is 4.79 Å². The van der Waals surface area contributed by atoms with Gasteiger partial charge in [-0.1, -0.05) is 41.5 Å². The Bertz CT molecular complexity index is 629. The normalized spacial score (nSPS) is 13.4. The molecular weight excluding hydrogens is 304 g/mol. The second kappa shape index (κ2) is 6.80. The Kier molecular flexibility index (Phi) is 5.21. The summed E-state index contributed by atoms with van der Waals surface area (Å²) >= 11 is 0. The van der Waals surface area contributed by atoms with E-state index in [-0.39, 0.29) is 12.6 Å². The summed E-state index contributed by atoms with van der Waals surface area (Å²) in [6.45, 7) is 13.7. The van der Waals surface area contributed by atoms with Crippen molar-refractivity contribution in [2.45, 2.75) is 58.2 Å². The van der Waals surface area contributed by atoms with Crippen LogP contribution in [-0.2, 0) is 0 Å². The predicted octanol–water partition coefficient (Wildman–Crippen LogP) is 4.82. The first-order valence-electron chi connectivity index (χ1n) is 8.26. The number of fused-ring (bicyclic) bond motifs is 1. The quantitative estimate of drug-likeness (QED) is 0.451. The molecule has 0 atom stereocenters. The minimum atomic E-state index is -1.88. The van der Waals surface area contributed by atoms with Crippen molar-refractivity contribution in [1.82, 2.24) is 0 Å². The van der Waals surface area contributed by atoms with E-state index in [4.69, 9.17) is 9.47 Å². The van der Waals surface area contributed by atoms with Crippen molar-refractivity contribution in [1.29, 1.82) is 0 Å². The molecule has 0 fully saturated rings. The number of carbonyl (C=O) groups excluding carboxylic acids is 1. The molecule has 3 nitrogen and oxygen atoms in total. The first-order valence-corrected chi connectivity index (χ1v) is 10.5. The molecule has 1 aromatic carbocycles. The zero-order valence-corrected chi connectivity index (χ0v) is 15.9. The highest BCUT2D eigenvalue weighted by Gasteiger charge is 2.41. The summed E-state index contributed by atoms with van der Waals surface area (Å²) in [5.41, 5.74) is 5.58. The lowest BCUT2D eigenvalue weighted by molar-refractivity contribution is 0.105. The molecule has 0 spiro atoms. The van der Waals surface area contributed by atoms with E-state index in [0.29, 0.717) is 33.7 Å². The minimum absolute atomic E-state index is 0.137.